The van der Waals surface area contributed by atoms with Gasteiger partial charge in [-0.2, -0.15) is 13.2 Å². The molecule has 0 aliphatic rings. The first-order valence-corrected chi connectivity index (χ1v) is 6.50. The van der Waals surface area contributed by atoms with Gasteiger partial charge in [0.1, 0.15) is 11.9 Å². The molecule has 2 rings (SSSR count). The van der Waals surface area contributed by atoms with Gasteiger partial charge in [0.25, 0.3) is 0 Å². The minimum Gasteiger partial charge on any atom is -0.493 e. The third-order valence-electron chi connectivity index (χ3n) is 3.04. The first-order valence-electron chi connectivity index (χ1n) is 6.50. The number of halogens is 3. The maximum Gasteiger partial charge on any atom is 0.419 e. The predicted molar refractivity (Wildman–Crippen MR) is 73.1 cm³/mol. The lowest BCUT2D eigenvalue weighted by Gasteiger charge is -2.17. The van der Waals surface area contributed by atoms with Gasteiger partial charge in [-0.15, -0.1) is 0 Å². The molecule has 1 atom stereocenters. The van der Waals surface area contributed by atoms with Gasteiger partial charge in [-0.1, -0.05) is 36.4 Å². The number of aliphatic hydroxyl groups excluding tert-OH is 1. The topological polar surface area (TPSA) is 29.5 Å². The van der Waals surface area contributed by atoms with Crippen LogP contribution in [0, 0.1) is 0 Å². The molecule has 1 unspecified atom stereocenters. The van der Waals surface area contributed by atoms with E-state index in [1.165, 1.54) is 12.1 Å². The van der Waals surface area contributed by atoms with Gasteiger partial charge in [-0.3, -0.25) is 0 Å². The van der Waals surface area contributed by atoms with Crippen molar-refractivity contribution in [2.24, 2.45) is 0 Å². The SMILES string of the molecule is CCOc1cc(C(O)c2ccccc2)ccc1C(F)(F)F. The first kappa shape index (κ1) is 15.4. The molecule has 0 saturated carbocycles. The molecule has 0 saturated heterocycles. The minimum atomic E-state index is -4.49. The molecule has 2 aromatic rings. The maximum absolute atomic E-state index is 12.9. The quantitative estimate of drug-likeness (QED) is 0.917. The Balaban J connectivity index is 2.40. The summed E-state index contributed by atoms with van der Waals surface area (Å²) in [6, 6.07) is 12.2. The first-order chi connectivity index (χ1) is 9.93. The van der Waals surface area contributed by atoms with E-state index >= 15 is 0 Å². The van der Waals surface area contributed by atoms with Gasteiger partial charge in [0, 0.05) is 0 Å². The molecular weight excluding hydrogens is 281 g/mol. The largest absolute Gasteiger partial charge is 0.493 e. The van der Waals surface area contributed by atoms with Crippen LogP contribution in [0.5, 0.6) is 5.75 Å². The number of ether oxygens (including phenoxy) is 1. The van der Waals surface area contributed by atoms with Crippen LogP contribution in [0.4, 0.5) is 13.2 Å². The van der Waals surface area contributed by atoms with Crippen molar-refractivity contribution in [2.45, 2.75) is 19.2 Å². The molecule has 5 heteroatoms. The molecule has 0 aliphatic heterocycles. The summed E-state index contributed by atoms with van der Waals surface area (Å²) >= 11 is 0. The highest BCUT2D eigenvalue weighted by atomic mass is 19.4. The summed E-state index contributed by atoms with van der Waals surface area (Å²) in [7, 11) is 0. The second kappa shape index (κ2) is 6.18. The molecule has 0 fully saturated rings. The molecular formula is C16H15F3O2. The molecule has 1 N–H and O–H groups in total. The Kier molecular flexibility index (Phi) is 4.53. The summed E-state index contributed by atoms with van der Waals surface area (Å²) in [6.07, 6.45) is -5.48. The lowest BCUT2D eigenvalue weighted by Crippen LogP contribution is -2.10. The van der Waals surface area contributed by atoms with E-state index in [4.69, 9.17) is 4.74 Å². The Morgan fingerprint density at radius 1 is 1.05 bits per heavy atom. The lowest BCUT2D eigenvalue weighted by atomic mass is 9.99. The van der Waals surface area contributed by atoms with E-state index in [0.29, 0.717) is 11.1 Å². The molecule has 0 aromatic heterocycles. The van der Waals surface area contributed by atoms with E-state index in [1.54, 1.807) is 37.3 Å². The molecule has 21 heavy (non-hydrogen) atoms. The van der Waals surface area contributed by atoms with Crippen LogP contribution in [0.3, 0.4) is 0 Å². The highest BCUT2D eigenvalue weighted by molar-refractivity contribution is 5.42. The standard InChI is InChI=1S/C16H15F3O2/c1-2-21-14-10-12(8-9-13(14)16(17,18)19)15(20)11-6-4-3-5-7-11/h3-10,15,20H,2H2,1H3. The Labute approximate surface area is 120 Å². The molecule has 0 heterocycles. The summed E-state index contributed by atoms with van der Waals surface area (Å²) in [6.45, 7) is 1.73. The van der Waals surface area contributed by atoms with Gasteiger partial charge < -0.3 is 9.84 Å². The number of hydrogen-bond donors (Lipinski definition) is 1. The number of rotatable bonds is 4. The van der Waals surface area contributed by atoms with Crippen molar-refractivity contribution >= 4 is 0 Å². The molecule has 0 amide bonds. The third-order valence-corrected chi connectivity index (χ3v) is 3.04. The van der Waals surface area contributed by atoms with Gasteiger partial charge in [-0.25, -0.2) is 0 Å². The van der Waals surface area contributed by atoms with Crippen molar-refractivity contribution in [2.75, 3.05) is 6.61 Å². The summed E-state index contributed by atoms with van der Waals surface area (Å²) in [5.74, 6) is -0.266. The number of alkyl halides is 3. The van der Waals surface area contributed by atoms with Crippen molar-refractivity contribution in [3.8, 4) is 5.75 Å². The van der Waals surface area contributed by atoms with Crippen molar-refractivity contribution < 1.29 is 23.0 Å². The van der Waals surface area contributed by atoms with Crippen LogP contribution in [0.25, 0.3) is 0 Å². The zero-order valence-corrected chi connectivity index (χ0v) is 11.4. The van der Waals surface area contributed by atoms with Crippen LogP contribution < -0.4 is 4.74 Å². The summed E-state index contributed by atoms with van der Waals surface area (Å²) in [5, 5.41) is 10.2. The van der Waals surface area contributed by atoms with Crippen molar-refractivity contribution in [3.05, 3.63) is 65.2 Å². The molecule has 2 aromatic carbocycles. The maximum atomic E-state index is 12.9. The van der Waals surface area contributed by atoms with E-state index in [2.05, 4.69) is 0 Å². The Bertz CT molecular complexity index is 594. The third kappa shape index (κ3) is 3.55. The summed E-state index contributed by atoms with van der Waals surface area (Å²) < 4.78 is 43.7. The van der Waals surface area contributed by atoms with Crippen LogP contribution >= 0.6 is 0 Å². The van der Waals surface area contributed by atoms with E-state index in [1.807, 2.05) is 0 Å². The normalized spacial score (nSPS) is 13.0. The van der Waals surface area contributed by atoms with Gasteiger partial charge in [0.05, 0.1) is 12.2 Å². The molecule has 0 aliphatic carbocycles. The van der Waals surface area contributed by atoms with Gasteiger partial charge in [-0.05, 0) is 30.2 Å². The van der Waals surface area contributed by atoms with Gasteiger partial charge in [0.2, 0.25) is 0 Å². The second-order valence-electron chi connectivity index (χ2n) is 4.50. The van der Waals surface area contributed by atoms with Crippen LogP contribution in [0.1, 0.15) is 29.7 Å². The van der Waals surface area contributed by atoms with Crippen molar-refractivity contribution in [1.29, 1.82) is 0 Å². The number of aliphatic hydroxyl groups is 1. The predicted octanol–water partition coefficient (Wildman–Crippen LogP) is 4.19. The summed E-state index contributed by atoms with van der Waals surface area (Å²) in [4.78, 5) is 0. The van der Waals surface area contributed by atoms with E-state index < -0.39 is 17.8 Å². The van der Waals surface area contributed by atoms with Crippen molar-refractivity contribution in [1.82, 2.24) is 0 Å². The minimum absolute atomic E-state index is 0.119. The Hall–Kier alpha value is -2.01. The average molecular weight is 296 g/mol. The molecule has 2 nitrogen and oxygen atoms in total. The van der Waals surface area contributed by atoms with Crippen molar-refractivity contribution in [3.63, 3.8) is 0 Å². The van der Waals surface area contributed by atoms with E-state index in [0.717, 1.165) is 6.07 Å². The molecule has 0 spiro atoms. The van der Waals surface area contributed by atoms with Crippen LogP contribution in [-0.2, 0) is 6.18 Å². The zero-order valence-electron chi connectivity index (χ0n) is 11.4. The highest BCUT2D eigenvalue weighted by Gasteiger charge is 2.34. The zero-order chi connectivity index (χ0) is 15.5. The number of hydrogen-bond acceptors (Lipinski definition) is 2. The highest BCUT2D eigenvalue weighted by Crippen LogP contribution is 2.38. The second-order valence-corrected chi connectivity index (χ2v) is 4.50. The Morgan fingerprint density at radius 3 is 2.29 bits per heavy atom. The fourth-order valence-electron chi connectivity index (χ4n) is 2.05. The van der Waals surface area contributed by atoms with Crippen LogP contribution in [0.2, 0.25) is 0 Å². The monoisotopic (exact) mass is 296 g/mol. The molecule has 112 valence electrons. The van der Waals surface area contributed by atoms with E-state index in [9.17, 15) is 18.3 Å². The smallest absolute Gasteiger partial charge is 0.419 e. The van der Waals surface area contributed by atoms with Gasteiger partial charge >= 0.3 is 6.18 Å². The van der Waals surface area contributed by atoms with E-state index in [-0.39, 0.29) is 12.4 Å². The van der Waals surface area contributed by atoms with Crippen LogP contribution in [0.15, 0.2) is 48.5 Å². The van der Waals surface area contributed by atoms with Crippen LogP contribution in [-0.4, -0.2) is 11.7 Å². The summed E-state index contributed by atoms with van der Waals surface area (Å²) in [5.41, 5.74) is 0.130. The molecule has 0 bridgehead atoms. The number of benzene rings is 2. The lowest BCUT2D eigenvalue weighted by molar-refractivity contribution is -0.138. The fourth-order valence-corrected chi connectivity index (χ4v) is 2.05. The Morgan fingerprint density at radius 2 is 1.71 bits per heavy atom. The fraction of sp³-hybridized carbons (Fsp3) is 0.250. The average Bonchev–Trinajstić information content (AvgIpc) is 2.46. The van der Waals surface area contributed by atoms with Gasteiger partial charge in [0.15, 0.2) is 0 Å². The molecule has 0 radical (unpaired) electrons.